The summed E-state index contributed by atoms with van der Waals surface area (Å²) in [4.78, 5) is 63.4. The van der Waals surface area contributed by atoms with E-state index in [0.717, 1.165) is 44.2 Å². The van der Waals surface area contributed by atoms with Crippen LogP contribution in [0.3, 0.4) is 0 Å². The summed E-state index contributed by atoms with van der Waals surface area (Å²) >= 11 is 0. The number of nitrogens with zero attached hydrogens (tertiary/aromatic N) is 4. The zero-order valence-corrected chi connectivity index (χ0v) is 37.0. The maximum Gasteiger partial charge on any atom is 0.269 e. The summed E-state index contributed by atoms with van der Waals surface area (Å²) in [5.74, 6) is -0.814. The lowest BCUT2D eigenvalue weighted by atomic mass is 10.1. The van der Waals surface area contributed by atoms with Gasteiger partial charge in [0.2, 0.25) is 23.6 Å². The van der Waals surface area contributed by atoms with E-state index in [9.17, 15) is 29.3 Å². The van der Waals surface area contributed by atoms with Gasteiger partial charge in [0.25, 0.3) is 5.69 Å². The molecule has 4 N–H and O–H groups in total. The molecule has 0 unspecified atom stereocenters. The Balaban J connectivity index is 1.88. The first-order chi connectivity index (χ1) is 29.0. The SMILES string of the molecule is CCCCCCCCCCCC(=O)N[C@H](C)C(=O)NCCN(CCNC(=O)[C@@H](C)NC(=O)CCCCCCCCCCC)c1ccc(N=Nc2ccc([N+](=O)[O-])cc2)cc1. The fourth-order valence-electron chi connectivity index (χ4n) is 6.74. The summed E-state index contributed by atoms with van der Waals surface area (Å²) in [6.45, 7) is 9.19. The second-order valence-corrected chi connectivity index (χ2v) is 15.8. The molecule has 0 aliphatic carbocycles. The molecule has 0 heterocycles. The number of benzene rings is 2. The van der Waals surface area contributed by atoms with Crippen LogP contribution in [0.15, 0.2) is 58.8 Å². The average molecular weight is 835 g/mol. The third kappa shape index (κ3) is 23.6. The van der Waals surface area contributed by atoms with Crippen molar-refractivity contribution >= 4 is 46.4 Å². The van der Waals surface area contributed by atoms with Crippen LogP contribution in [0.5, 0.6) is 0 Å². The van der Waals surface area contributed by atoms with Gasteiger partial charge in [0.05, 0.1) is 16.3 Å². The van der Waals surface area contributed by atoms with Gasteiger partial charge in [-0.1, -0.05) is 117 Å². The smallest absolute Gasteiger partial charge is 0.269 e. The van der Waals surface area contributed by atoms with Crippen molar-refractivity contribution in [3.63, 3.8) is 0 Å². The van der Waals surface area contributed by atoms with E-state index in [1.807, 2.05) is 17.0 Å². The van der Waals surface area contributed by atoms with E-state index < -0.39 is 17.0 Å². The summed E-state index contributed by atoms with van der Waals surface area (Å²) in [7, 11) is 0. The molecule has 0 aliphatic rings. The highest BCUT2D eigenvalue weighted by atomic mass is 16.6. The number of hydrogen-bond acceptors (Lipinski definition) is 9. The van der Waals surface area contributed by atoms with Gasteiger partial charge in [-0.05, 0) is 63.1 Å². The first-order valence-electron chi connectivity index (χ1n) is 22.7. The van der Waals surface area contributed by atoms with Crippen LogP contribution in [0.1, 0.15) is 156 Å². The molecule has 2 atom stereocenters. The molecule has 4 amide bonds. The zero-order chi connectivity index (χ0) is 43.8. The van der Waals surface area contributed by atoms with Crippen molar-refractivity contribution in [3.05, 3.63) is 58.6 Å². The second kappa shape index (κ2) is 32.0. The minimum Gasteiger partial charge on any atom is -0.368 e. The minimum atomic E-state index is -0.679. The number of carbonyl (C=O) groups is 4. The van der Waals surface area contributed by atoms with Crippen LogP contribution in [0.4, 0.5) is 22.7 Å². The second-order valence-electron chi connectivity index (χ2n) is 15.8. The van der Waals surface area contributed by atoms with Gasteiger partial charge in [0.1, 0.15) is 12.1 Å². The first kappa shape index (κ1) is 51.3. The molecule has 0 bridgehead atoms. The molecule has 0 spiro atoms. The molecule has 2 aromatic rings. The standard InChI is InChI=1S/C46H74N8O6/c1-5-7-9-11-13-15-17-19-21-23-43(55)49-37(3)45(57)47-33-35-53(41-29-25-39(26-30-41)51-52-40-27-31-42(32-28-40)54(59)60)36-34-48-46(58)38(4)50-44(56)24-22-20-18-16-14-12-10-8-6-2/h25-32,37-38H,5-24,33-36H2,1-4H3,(H,47,57)(H,48,58)(H,49,55)(H,50,56)/t37-,38-/m1/s1. The minimum absolute atomic E-state index is 0.0297. The van der Waals surface area contributed by atoms with Crippen LogP contribution in [-0.2, 0) is 19.2 Å². The monoisotopic (exact) mass is 835 g/mol. The molecule has 2 aromatic carbocycles. The summed E-state index contributed by atoms with van der Waals surface area (Å²) in [6.07, 6.45) is 21.8. The van der Waals surface area contributed by atoms with Gasteiger partial charge in [-0.3, -0.25) is 29.3 Å². The largest absolute Gasteiger partial charge is 0.368 e. The van der Waals surface area contributed by atoms with Crippen molar-refractivity contribution in [2.75, 3.05) is 31.1 Å². The van der Waals surface area contributed by atoms with E-state index in [1.165, 1.54) is 101 Å². The normalized spacial score (nSPS) is 12.1. The van der Waals surface area contributed by atoms with E-state index in [4.69, 9.17) is 0 Å². The molecule has 0 aromatic heterocycles. The number of nitrogens with one attached hydrogen (secondary N) is 4. The van der Waals surface area contributed by atoms with Gasteiger partial charge < -0.3 is 26.2 Å². The Bertz CT molecular complexity index is 1490. The quantitative estimate of drug-likeness (QED) is 0.0234. The van der Waals surface area contributed by atoms with Crippen molar-refractivity contribution in [1.29, 1.82) is 0 Å². The van der Waals surface area contributed by atoms with Crippen LogP contribution in [-0.4, -0.2) is 66.8 Å². The average Bonchev–Trinajstić information content (AvgIpc) is 3.24. The molecule has 2 rings (SSSR count). The van der Waals surface area contributed by atoms with Crippen LogP contribution >= 0.6 is 0 Å². The highest BCUT2D eigenvalue weighted by molar-refractivity contribution is 5.88. The third-order valence-electron chi connectivity index (χ3n) is 10.5. The van der Waals surface area contributed by atoms with E-state index in [0.29, 0.717) is 37.3 Å². The Labute approximate surface area is 359 Å². The van der Waals surface area contributed by atoms with E-state index >= 15 is 0 Å². The highest BCUT2D eigenvalue weighted by Crippen LogP contribution is 2.24. The molecule has 334 valence electrons. The fourth-order valence-corrected chi connectivity index (χ4v) is 6.74. The number of rotatable bonds is 34. The summed E-state index contributed by atoms with van der Waals surface area (Å²) < 4.78 is 0. The Hall–Kier alpha value is -4.88. The van der Waals surface area contributed by atoms with Gasteiger partial charge in [-0.25, -0.2) is 0 Å². The van der Waals surface area contributed by atoms with Crippen molar-refractivity contribution in [1.82, 2.24) is 21.3 Å². The van der Waals surface area contributed by atoms with E-state index in [2.05, 4.69) is 45.3 Å². The Morgan fingerprint density at radius 3 is 1.28 bits per heavy atom. The van der Waals surface area contributed by atoms with Gasteiger partial charge in [-0.15, -0.1) is 0 Å². The Morgan fingerprint density at radius 2 is 0.917 bits per heavy atom. The lowest BCUT2D eigenvalue weighted by molar-refractivity contribution is -0.384. The van der Waals surface area contributed by atoms with Crippen LogP contribution in [0.25, 0.3) is 0 Å². The molecule has 0 saturated heterocycles. The third-order valence-corrected chi connectivity index (χ3v) is 10.5. The lowest BCUT2D eigenvalue weighted by Crippen LogP contribution is -2.48. The van der Waals surface area contributed by atoms with Gasteiger partial charge in [-0.2, -0.15) is 10.2 Å². The van der Waals surface area contributed by atoms with Crippen LogP contribution in [0, 0.1) is 10.1 Å². The number of unbranched alkanes of at least 4 members (excludes halogenated alkanes) is 16. The maximum atomic E-state index is 12.9. The number of anilines is 1. The number of azo groups is 1. The van der Waals surface area contributed by atoms with Gasteiger partial charge in [0.15, 0.2) is 0 Å². The van der Waals surface area contributed by atoms with Gasteiger partial charge in [0, 0.05) is 56.8 Å². The molecule has 0 radical (unpaired) electrons. The Morgan fingerprint density at radius 1 is 0.567 bits per heavy atom. The van der Waals surface area contributed by atoms with E-state index in [1.54, 1.807) is 26.0 Å². The number of amides is 4. The van der Waals surface area contributed by atoms with Crippen molar-refractivity contribution in [2.24, 2.45) is 10.2 Å². The molecule has 0 aliphatic heterocycles. The fraction of sp³-hybridized carbons (Fsp3) is 0.652. The van der Waals surface area contributed by atoms with Crippen LogP contribution in [0.2, 0.25) is 0 Å². The molecule has 0 fully saturated rings. The number of carbonyl (C=O) groups excluding carboxylic acids is 4. The van der Waals surface area contributed by atoms with Crippen molar-refractivity contribution in [3.8, 4) is 0 Å². The van der Waals surface area contributed by atoms with Crippen molar-refractivity contribution < 1.29 is 24.1 Å². The predicted octanol–water partition coefficient (Wildman–Crippen LogP) is 9.90. The number of non-ortho nitro benzene ring substituents is 1. The molecule has 14 heteroatoms. The maximum absolute atomic E-state index is 12.9. The predicted molar refractivity (Wildman–Crippen MR) is 241 cm³/mol. The summed E-state index contributed by atoms with van der Waals surface area (Å²) in [5.41, 5.74) is 1.83. The number of nitro benzene ring substituents is 1. The highest BCUT2D eigenvalue weighted by Gasteiger charge is 2.18. The molecule has 14 nitrogen and oxygen atoms in total. The lowest BCUT2D eigenvalue weighted by Gasteiger charge is -2.26. The zero-order valence-electron chi connectivity index (χ0n) is 37.0. The van der Waals surface area contributed by atoms with Gasteiger partial charge >= 0.3 is 0 Å². The molecular weight excluding hydrogens is 761 g/mol. The first-order valence-corrected chi connectivity index (χ1v) is 22.7. The summed E-state index contributed by atoms with van der Waals surface area (Å²) in [6, 6.07) is 11.7. The number of hydrogen-bond donors (Lipinski definition) is 4. The molecular formula is C46H74N8O6. The van der Waals surface area contributed by atoms with Crippen molar-refractivity contribution in [2.45, 2.75) is 168 Å². The molecule has 60 heavy (non-hydrogen) atoms. The Kier molecular flexibility index (Phi) is 27.3. The topological polar surface area (TPSA) is 188 Å². The number of nitro groups is 1. The van der Waals surface area contributed by atoms with Crippen LogP contribution < -0.4 is 26.2 Å². The van der Waals surface area contributed by atoms with E-state index in [-0.39, 0.29) is 42.4 Å². The molecule has 0 saturated carbocycles. The summed E-state index contributed by atoms with van der Waals surface area (Å²) in [5, 5.41) is 30.9.